The summed E-state index contributed by atoms with van der Waals surface area (Å²) in [6.07, 6.45) is 1.91. The first-order chi connectivity index (χ1) is 29.1. The van der Waals surface area contributed by atoms with Gasteiger partial charge in [-0.2, -0.15) is 0 Å². The summed E-state index contributed by atoms with van der Waals surface area (Å²) >= 11 is 0. The summed E-state index contributed by atoms with van der Waals surface area (Å²) in [5, 5.41) is 79.5. The fraction of sp³-hybridized carbons (Fsp3) is 0.894. The highest BCUT2D eigenvalue weighted by Gasteiger charge is 2.52. The SMILES string of the molecule is CC[C@@H](O)C[C@H]1CCC[C@@]2(C[C@@H]3OC(=O)/C=C/[C@@](C)(O)[C@@H](O)[C@H](C)[C@@H](O)[C@H](O[C@H]4C[C@H](O)[C@H](N(C)C)[C@H](C)O4)[C@@H](O)[C@@H](C)CCC/C=C/[C@@H]4C[C@H](C)[C@H](O)O[C@H]4C[C@H](O2)[C@H]3C)O1. The number of fused-ring (bicyclic) bond motifs is 3. The van der Waals surface area contributed by atoms with Crippen LogP contribution >= 0.6 is 0 Å². The molecule has 5 heterocycles. The number of aliphatic hydroxyl groups excluding tert-OH is 6. The zero-order chi connectivity index (χ0) is 45.7. The van der Waals surface area contributed by atoms with Gasteiger partial charge in [0, 0.05) is 55.4 Å². The van der Waals surface area contributed by atoms with E-state index in [4.69, 9.17) is 28.4 Å². The molecule has 62 heavy (non-hydrogen) atoms. The van der Waals surface area contributed by atoms with E-state index in [-0.39, 0.29) is 48.7 Å². The molecule has 4 saturated heterocycles. The lowest BCUT2D eigenvalue weighted by Gasteiger charge is -2.51. The normalized spacial score (nSPS) is 48.6. The van der Waals surface area contributed by atoms with Gasteiger partial charge in [-0.15, -0.1) is 0 Å². The number of likely N-dealkylation sites (N-methyl/N-ethyl adjacent to an activating group) is 1. The minimum Gasteiger partial charge on any atom is -0.459 e. The Bertz CT molecular complexity index is 1450. The lowest BCUT2D eigenvalue weighted by atomic mass is 9.79. The lowest BCUT2D eigenvalue weighted by Crippen LogP contribution is -2.57. The van der Waals surface area contributed by atoms with Gasteiger partial charge in [-0.25, -0.2) is 4.79 Å². The van der Waals surface area contributed by atoms with E-state index in [0.29, 0.717) is 51.4 Å². The van der Waals surface area contributed by atoms with E-state index in [1.165, 1.54) is 13.8 Å². The van der Waals surface area contributed by atoms with Crippen molar-refractivity contribution in [1.29, 1.82) is 0 Å². The summed E-state index contributed by atoms with van der Waals surface area (Å²) in [4.78, 5) is 15.6. The quantitative estimate of drug-likeness (QED) is 0.150. The topological polar surface area (TPSA) is 217 Å². The highest BCUT2D eigenvalue weighted by molar-refractivity contribution is 5.82. The van der Waals surface area contributed by atoms with Crippen LogP contribution in [-0.4, -0.2) is 158 Å². The molecule has 0 aromatic rings. The molecular formula is C47H81NO14. The van der Waals surface area contributed by atoms with Crippen LogP contribution in [-0.2, 0) is 33.2 Å². The predicted octanol–water partition coefficient (Wildman–Crippen LogP) is 3.71. The monoisotopic (exact) mass is 884 g/mol. The van der Waals surface area contributed by atoms with Crippen molar-refractivity contribution in [2.24, 2.45) is 29.6 Å². The second-order valence-corrected chi connectivity index (χ2v) is 20.0. The molecule has 15 nitrogen and oxygen atoms in total. The summed E-state index contributed by atoms with van der Waals surface area (Å²) in [5.41, 5.74) is -2.04. The summed E-state index contributed by atoms with van der Waals surface area (Å²) in [6.45, 7) is 12.4. The number of allylic oxidation sites excluding steroid dienone is 1. The van der Waals surface area contributed by atoms with Gasteiger partial charge in [0.1, 0.15) is 17.8 Å². The Hall–Kier alpha value is -1.57. The molecule has 0 amide bonds. The van der Waals surface area contributed by atoms with E-state index in [9.17, 15) is 40.5 Å². The number of hydrogen-bond acceptors (Lipinski definition) is 15. The first kappa shape index (κ1) is 51.4. The van der Waals surface area contributed by atoms with Gasteiger partial charge in [-0.3, -0.25) is 0 Å². The zero-order valence-corrected chi connectivity index (χ0v) is 38.7. The standard InChI is InChI=1S/C47H81NO14/c1-10-32(49)22-33-17-14-19-47(61-33)25-37-28(4)35(62-47)24-36-31(21-27(3)45(55)59-36)16-13-11-12-15-26(2)41(52)43(60-39-23-34(50)40(48(8)9)30(6)57-39)42(53)29(5)44(54)46(7,56)20-18-38(51)58-37/h13,16,18,20,26-37,39-45,49-50,52-56H,10-12,14-15,17,19,21-25H2,1-9H3/b16-13+,20-18+/t26-,27-,28+,29+,30-,31+,32+,33+,34-,35-,36-,37-,39-,40+,41-,42+,43+,44-,45+,46+,47+/m0/s1. The summed E-state index contributed by atoms with van der Waals surface area (Å²) < 4.78 is 38.5. The third-order valence-electron chi connectivity index (χ3n) is 14.6. The fourth-order valence-corrected chi connectivity index (χ4v) is 10.5. The minimum atomic E-state index is -2.04. The summed E-state index contributed by atoms with van der Waals surface area (Å²) in [7, 11) is 3.70. The van der Waals surface area contributed by atoms with Crippen molar-refractivity contribution in [3.8, 4) is 0 Å². The molecule has 1 spiro atoms. The first-order valence-corrected chi connectivity index (χ1v) is 23.5. The maximum Gasteiger partial charge on any atom is 0.330 e. The second-order valence-electron chi connectivity index (χ2n) is 20.0. The van der Waals surface area contributed by atoms with Crippen LogP contribution in [0.2, 0.25) is 0 Å². The molecule has 0 aliphatic carbocycles. The molecule has 0 aromatic carbocycles. The third kappa shape index (κ3) is 12.9. The predicted molar refractivity (Wildman–Crippen MR) is 230 cm³/mol. The number of aliphatic hydroxyl groups is 7. The molecule has 358 valence electrons. The van der Waals surface area contributed by atoms with Crippen molar-refractivity contribution < 1.29 is 69.0 Å². The van der Waals surface area contributed by atoms with Gasteiger partial charge in [0.25, 0.3) is 0 Å². The first-order valence-electron chi connectivity index (χ1n) is 23.5. The fourth-order valence-electron chi connectivity index (χ4n) is 10.5. The van der Waals surface area contributed by atoms with Crippen LogP contribution < -0.4 is 0 Å². The smallest absolute Gasteiger partial charge is 0.330 e. The van der Waals surface area contributed by atoms with Crippen LogP contribution in [0, 0.1) is 29.6 Å². The zero-order valence-electron chi connectivity index (χ0n) is 38.7. The Labute approximate surface area is 369 Å². The van der Waals surface area contributed by atoms with Crippen LogP contribution in [0.4, 0.5) is 0 Å². The van der Waals surface area contributed by atoms with Crippen molar-refractivity contribution in [3.05, 3.63) is 24.3 Å². The van der Waals surface area contributed by atoms with Crippen LogP contribution in [0.5, 0.6) is 0 Å². The number of ether oxygens (including phenoxy) is 6. The Morgan fingerprint density at radius 3 is 2.29 bits per heavy atom. The van der Waals surface area contributed by atoms with E-state index in [1.807, 2.05) is 53.6 Å². The van der Waals surface area contributed by atoms with Crippen LogP contribution in [0.1, 0.15) is 126 Å². The second kappa shape index (κ2) is 22.3. The lowest BCUT2D eigenvalue weighted by molar-refractivity contribution is -0.345. The molecule has 0 unspecified atom stereocenters. The number of rotatable bonds is 6. The van der Waals surface area contributed by atoms with E-state index < -0.39 is 96.9 Å². The van der Waals surface area contributed by atoms with Gasteiger partial charge in [-0.05, 0) is 91.3 Å². The highest BCUT2D eigenvalue weighted by atomic mass is 16.7. The van der Waals surface area contributed by atoms with E-state index in [1.54, 1.807) is 0 Å². The Morgan fingerprint density at radius 1 is 0.887 bits per heavy atom. The molecular weight excluding hydrogens is 803 g/mol. The van der Waals surface area contributed by atoms with Gasteiger partial charge in [0.2, 0.25) is 0 Å². The summed E-state index contributed by atoms with van der Waals surface area (Å²) in [5.74, 6) is -3.76. The molecule has 5 aliphatic heterocycles. The maximum atomic E-state index is 13.7. The van der Waals surface area contributed by atoms with Crippen molar-refractivity contribution in [2.75, 3.05) is 14.1 Å². The number of carbonyl (C=O) groups is 1. The van der Waals surface area contributed by atoms with Gasteiger partial charge >= 0.3 is 5.97 Å². The van der Waals surface area contributed by atoms with Crippen molar-refractivity contribution >= 4 is 5.97 Å². The average molecular weight is 884 g/mol. The molecule has 0 radical (unpaired) electrons. The molecule has 15 heteroatoms. The number of carbonyl (C=O) groups excluding carboxylic acids is 1. The van der Waals surface area contributed by atoms with E-state index >= 15 is 0 Å². The average Bonchev–Trinajstić information content (AvgIpc) is 3.20. The van der Waals surface area contributed by atoms with Crippen LogP contribution in [0.3, 0.4) is 0 Å². The maximum absolute atomic E-state index is 13.7. The van der Waals surface area contributed by atoms with E-state index in [0.717, 1.165) is 25.0 Å². The van der Waals surface area contributed by atoms with Crippen molar-refractivity contribution in [2.45, 2.75) is 223 Å². The van der Waals surface area contributed by atoms with Crippen LogP contribution in [0.15, 0.2) is 24.3 Å². The Kier molecular flexibility index (Phi) is 18.5. The molecule has 2 bridgehead atoms. The van der Waals surface area contributed by atoms with E-state index in [2.05, 4.69) is 12.2 Å². The molecule has 7 N–H and O–H groups in total. The number of hydrogen-bond donors (Lipinski definition) is 7. The van der Waals surface area contributed by atoms with Gasteiger partial charge in [0.05, 0.1) is 61.0 Å². The Balaban J connectivity index is 1.44. The molecule has 5 rings (SSSR count). The summed E-state index contributed by atoms with van der Waals surface area (Å²) in [6, 6.07) is -0.294. The molecule has 4 fully saturated rings. The largest absolute Gasteiger partial charge is 0.459 e. The Morgan fingerprint density at radius 2 is 1.61 bits per heavy atom. The molecule has 0 saturated carbocycles. The number of esters is 1. The number of nitrogens with zero attached hydrogens (tertiary/aromatic N) is 1. The third-order valence-corrected chi connectivity index (χ3v) is 14.6. The highest BCUT2D eigenvalue weighted by Crippen LogP contribution is 2.46. The van der Waals surface area contributed by atoms with Crippen molar-refractivity contribution in [3.63, 3.8) is 0 Å². The molecule has 0 aromatic heterocycles. The molecule has 21 atom stereocenters. The molecule has 5 aliphatic rings. The van der Waals surface area contributed by atoms with Crippen LogP contribution in [0.25, 0.3) is 0 Å². The van der Waals surface area contributed by atoms with Gasteiger partial charge in [0.15, 0.2) is 18.4 Å². The minimum absolute atomic E-state index is 0.0463. The van der Waals surface area contributed by atoms with Gasteiger partial charge in [-0.1, -0.05) is 46.8 Å². The van der Waals surface area contributed by atoms with Crippen molar-refractivity contribution in [1.82, 2.24) is 4.90 Å². The van der Waals surface area contributed by atoms with Gasteiger partial charge < -0.3 is 69.1 Å².